The van der Waals surface area contributed by atoms with Gasteiger partial charge in [0.25, 0.3) is 10.1 Å². The number of amides is 1. The van der Waals surface area contributed by atoms with Crippen LogP contribution in [0.4, 0.5) is 4.79 Å². The van der Waals surface area contributed by atoms with E-state index in [0.29, 0.717) is 24.3 Å². The molecule has 1 aliphatic heterocycles. The molecule has 1 heterocycles. The Labute approximate surface area is 160 Å². The van der Waals surface area contributed by atoms with Gasteiger partial charge in [-0.1, -0.05) is 32.9 Å². The number of ether oxygens (including phenoxy) is 1. The molecule has 1 N–H and O–H groups in total. The lowest BCUT2D eigenvalue weighted by Gasteiger charge is -2.44. The van der Waals surface area contributed by atoms with Crippen molar-refractivity contribution in [1.29, 1.82) is 0 Å². The third-order valence-electron chi connectivity index (χ3n) is 4.57. The van der Waals surface area contributed by atoms with E-state index in [2.05, 4.69) is 0 Å². The third-order valence-corrected chi connectivity index (χ3v) is 5.11. The van der Waals surface area contributed by atoms with Gasteiger partial charge in [0.05, 0.1) is 26.0 Å². The summed E-state index contributed by atoms with van der Waals surface area (Å²) in [5.41, 5.74) is 2.06. The first kappa shape index (κ1) is 21.2. The molecule has 0 spiro atoms. The summed E-state index contributed by atoms with van der Waals surface area (Å²) < 4.78 is 33.4. The van der Waals surface area contributed by atoms with Crippen LogP contribution in [-0.4, -0.2) is 57.1 Å². The summed E-state index contributed by atoms with van der Waals surface area (Å²) in [6.45, 7) is 5.97. The molecule has 0 saturated carbocycles. The van der Waals surface area contributed by atoms with E-state index in [4.69, 9.17) is 8.92 Å². The van der Waals surface area contributed by atoms with Gasteiger partial charge in [-0.15, -0.1) is 0 Å². The lowest BCUT2D eigenvalue weighted by atomic mass is 9.76. The molecule has 1 unspecified atom stereocenters. The Bertz CT molecular complexity index is 821. The minimum Gasteiger partial charge on any atom is -0.497 e. The predicted molar refractivity (Wildman–Crippen MR) is 103 cm³/mol. The van der Waals surface area contributed by atoms with Crippen molar-refractivity contribution in [2.24, 2.45) is 5.41 Å². The zero-order valence-corrected chi connectivity index (χ0v) is 17.2. The molecule has 150 valence electrons. The number of hydrogen-bond acceptors (Lipinski definition) is 5. The van der Waals surface area contributed by atoms with E-state index in [0.717, 1.165) is 17.4 Å². The molecule has 0 aromatic heterocycles. The second-order valence-electron chi connectivity index (χ2n) is 7.69. The molecule has 1 aromatic rings. The smallest absolute Gasteiger partial charge is 0.407 e. The topological polar surface area (TPSA) is 93.1 Å². The highest BCUT2D eigenvalue weighted by Crippen LogP contribution is 2.40. The van der Waals surface area contributed by atoms with Crippen LogP contribution in [0.15, 0.2) is 29.8 Å². The number of benzene rings is 1. The fraction of sp³-hybridized carbons (Fsp3) is 0.526. The molecule has 0 radical (unpaired) electrons. The molecular formula is C19H27NO6S. The zero-order valence-electron chi connectivity index (χ0n) is 16.4. The highest BCUT2D eigenvalue weighted by atomic mass is 32.2. The zero-order chi connectivity index (χ0) is 20.4. The van der Waals surface area contributed by atoms with Crippen molar-refractivity contribution in [1.82, 2.24) is 4.90 Å². The normalized spacial score (nSPS) is 18.6. The summed E-state index contributed by atoms with van der Waals surface area (Å²) in [6, 6.07) is 6.94. The molecule has 1 aliphatic rings. The van der Waals surface area contributed by atoms with Crippen LogP contribution in [0.25, 0.3) is 5.57 Å². The second-order valence-corrected chi connectivity index (χ2v) is 9.34. The van der Waals surface area contributed by atoms with Crippen LogP contribution in [0, 0.1) is 5.41 Å². The molecular weight excluding hydrogens is 370 g/mol. The van der Waals surface area contributed by atoms with E-state index in [1.165, 1.54) is 4.90 Å². The summed E-state index contributed by atoms with van der Waals surface area (Å²) in [6.07, 6.45) is 0.443. The standard InChI is InChI=1S/C19H27NO6S/c1-19(2,3)17-16(12-26-27(5,23)24)15(10-11-20(17)18(21)22)13-6-8-14(25-4)9-7-13/h6-9,17H,10-12H2,1-5H3,(H,21,22). The maximum Gasteiger partial charge on any atom is 0.407 e. The fourth-order valence-corrected chi connectivity index (χ4v) is 3.87. The van der Waals surface area contributed by atoms with Crippen molar-refractivity contribution >= 4 is 21.8 Å². The van der Waals surface area contributed by atoms with Crippen molar-refractivity contribution < 1.29 is 27.2 Å². The number of carbonyl (C=O) groups is 1. The highest BCUT2D eigenvalue weighted by molar-refractivity contribution is 7.86. The monoisotopic (exact) mass is 397 g/mol. The number of methoxy groups -OCH3 is 1. The van der Waals surface area contributed by atoms with Gasteiger partial charge in [0.2, 0.25) is 0 Å². The molecule has 2 rings (SSSR count). The lowest BCUT2D eigenvalue weighted by Crippen LogP contribution is -2.51. The first-order valence-corrected chi connectivity index (χ1v) is 10.5. The van der Waals surface area contributed by atoms with Gasteiger partial charge in [-0.2, -0.15) is 8.42 Å². The van der Waals surface area contributed by atoms with Crippen LogP contribution in [-0.2, 0) is 14.3 Å². The van der Waals surface area contributed by atoms with E-state index >= 15 is 0 Å². The van der Waals surface area contributed by atoms with Gasteiger partial charge < -0.3 is 14.7 Å². The average molecular weight is 397 g/mol. The maximum absolute atomic E-state index is 11.8. The van der Waals surface area contributed by atoms with Crippen LogP contribution < -0.4 is 4.74 Å². The Hall–Kier alpha value is -2.06. The lowest BCUT2D eigenvalue weighted by molar-refractivity contribution is 0.0904. The predicted octanol–water partition coefficient (Wildman–Crippen LogP) is 3.22. The molecule has 0 aliphatic carbocycles. The van der Waals surface area contributed by atoms with Gasteiger partial charge in [0, 0.05) is 6.54 Å². The Morgan fingerprint density at radius 1 is 1.26 bits per heavy atom. The third kappa shape index (κ3) is 5.23. The van der Waals surface area contributed by atoms with Crippen molar-refractivity contribution in [2.45, 2.75) is 33.2 Å². The molecule has 1 atom stereocenters. The maximum atomic E-state index is 11.8. The van der Waals surface area contributed by atoms with Crippen LogP contribution in [0.2, 0.25) is 0 Å². The van der Waals surface area contributed by atoms with Crippen LogP contribution in [0.5, 0.6) is 5.75 Å². The van der Waals surface area contributed by atoms with Crippen LogP contribution in [0.3, 0.4) is 0 Å². The van der Waals surface area contributed by atoms with Gasteiger partial charge in [0.15, 0.2) is 0 Å². The fourth-order valence-electron chi connectivity index (χ4n) is 3.53. The summed E-state index contributed by atoms with van der Waals surface area (Å²) in [5.74, 6) is 0.712. The summed E-state index contributed by atoms with van der Waals surface area (Å²) in [7, 11) is -2.08. The molecule has 8 heteroatoms. The first-order valence-electron chi connectivity index (χ1n) is 8.64. The van der Waals surface area contributed by atoms with Gasteiger partial charge in [-0.05, 0) is 40.7 Å². The molecule has 0 bridgehead atoms. The van der Waals surface area contributed by atoms with Crippen molar-refractivity contribution in [2.75, 3.05) is 26.5 Å². The number of nitrogens with zero attached hydrogens (tertiary/aromatic N) is 1. The Kier molecular flexibility index (Phi) is 6.21. The van der Waals surface area contributed by atoms with Gasteiger partial charge in [-0.3, -0.25) is 4.18 Å². The van der Waals surface area contributed by atoms with E-state index in [1.54, 1.807) is 7.11 Å². The first-order chi connectivity index (χ1) is 12.4. The number of carboxylic acid groups (broad SMARTS) is 1. The van der Waals surface area contributed by atoms with Gasteiger partial charge >= 0.3 is 6.09 Å². The van der Waals surface area contributed by atoms with E-state index in [-0.39, 0.29) is 6.61 Å². The molecule has 0 fully saturated rings. The summed E-state index contributed by atoms with van der Waals surface area (Å²) >= 11 is 0. The number of hydrogen-bond donors (Lipinski definition) is 1. The minimum absolute atomic E-state index is 0.175. The Morgan fingerprint density at radius 2 is 1.85 bits per heavy atom. The SMILES string of the molecule is COc1ccc(C2=C(COS(C)(=O)=O)C(C(C)(C)C)N(C(=O)O)CC2)cc1. The summed E-state index contributed by atoms with van der Waals surface area (Å²) in [4.78, 5) is 13.2. The van der Waals surface area contributed by atoms with Crippen LogP contribution >= 0.6 is 0 Å². The van der Waals surface area contributed by atoms with Crippen molar-refractivity contribution in [3.05, 3.63) is 35.4 Å². The Balaban J connectivity index is 2.60. The molecule has 1 amide bonds. The van der Waals surface area contributed by atoms with E-state index in [1.807, 2.05) is 45.0 Å². The van der Waals surface area contributed by atoms with E-state index < -0.39 is 27.7 Å². The van der Waals surface area contributed by atoms with E-state index in [9.17, 15) is 18.3 Å². The number of rotatable bonds is 5. The average Bonchev–Trinajstić information content (AvgIpc) is 2.57. The van der Waals surface area contributed by atoms with Crippen LogP contribution in [0.1, 0.15) is 32.8 Å². The van der Waals surface area contributed by atoms with Crippen molar-refractivity contribution in [3.63, 3.8) is 0 Å². The second kappa shape index (κ2) is 7.90. The molecule has 7 nitrogen and oxygen atoms in total. The molecule has 27 heavy (non-hydrogen) atoms. The quantitative estimate of drug-likeness (QED) is 0.767. The van der Waals surface area contributed by atoms with Gasteiger partial charge in [0.1, 0.15) is 5.75 Å². The molecule has 0 saturated heterocycles. The van der Waals surface area contributed by atoms with Gasteiger partial charge in [-0.25, -0.2) is 4.79 Å². The minimum atomic E-state index is -3.67. The largest absolute Gasteiger partial charge is 0.497 e. The van der Waals surface area contributed by atoms with Crippen molar-refractivity contribution in [3.8, 4) is 5.75 Å². The molecule has 1 aromatic carbocycles. The highest BCUT2D eigenvalue weighted by Gasteiger charge is 2.40. The summed E-state index contributed by atoms with van der Waals surface area (Å²) in [5, 5.41) is 9.67. The Morgan fingerprint density at radius 3 is 2.30 bits per heavy atom.